The third-order valence-electron chi connectivity index (χ3n) is 2.05. The second kappa shape index (κ2) is 6.12. The van der Waals surface area contributed by atoms with E-state index in [1.54, 1.807) is 43.1 Å². The predicted molar refractivity (Wildman–Crippen MR) is 69.6 cm³/mol. The molecule has 0 unspecified atom stereocenters. The van der Waals surface area contributed by atoms with Gasteiger partial charge in [-0.3, -0.25) is 0 Å². The summed E-state index contributed by atoms with van der Waals surface area (Å²) in [5.41, 5.74) is 0.892. The fraction of sp³-hybridized carbons (Fsp3) is 0.400. The number of rotatable bonds is 6. The molecule has 0 aliphatic carbocycles. The van der Waals surface area contributed by atoms with Crippen LogP contribution in [-0.4, -0.2) is 34.0 Å². The first-order valence-corrected chi connectivity index (χ1v) is 7.74. The molecule has 90 valence electrons. The molecule has 0 bridgehead atoms. The lowest BCUT2D eigenvalue weighted by molar-refractivity contribution is 0.584. The number of benzene rings is 1. The van der Waals surface area contributed by atoms with Crippen molar-refractivity contribution in [1.82, 2.24) is 4.72 Å². The Morgan fingerprint density at radius 3 is 2.38 bits per heavy atom. The third-order valence-corrected chi connectivity index (χ3v) is 4.14. The molecule has 4 nitrogen and oxygen atoms in total. The minimum atomic E-state index is -3.35. The molecule has 1 rings (SSSR count). The van der Waals surface area contributed by atoms with Crippen LogP contribution in [0.4, 0.5) is 5.69 Å². The van der Waals surface area contributed by atoms with E-state index in [-0.39, 0.29) is 0 Å². The van der Waals surface area contributed by atoms with Crippen molar-refractivity contribution in [3.05, 3.63) is 24.3 Å². The first-order valence-electron chi connectivity index (χ1n) is 4.86. The first-order chi connectivity index (χ1) is 7.60. The van der Waals surface area contributed by atoms with Crippen molar-refractivity contribution in [2.24, 2.45) is 0 Å². The Labute approximate surface area is 101 Å². The molecular formula is C10H16N2O2S2. The van der Waals surface area contributed by atoms with Crippen LogP contribution < -0.4 is 10.0 Å². The van der Waals surface area contributed by atoms with Crippen LogP contribution >= 0.6 is 11.8 Å². The summed E-state index contributed by atoms with van der Waals surface area (Å²) in [6.07, 6.45) is 1.94. The minimum absolute atomic E-state index is 0.299. The topological polar surface area (TPSA) is 58.2 Å². The summed E-state index contributed by atoms with van der Waals surface area (Å²) in [5.74, 6) is 0.772. The second-order valence-corrected chi connectivity index (χ2v) is 5.92. The zero-order chi connectivity index (χ0) is 12.0. The first kappa shape index (κ1) is 13.3. The van der Waals surface area contributed by atoms with E-state index in [2.05, 4.69) is 10.0 Å². The van der Waals surface area contributed by atoms with E-state index >= 15 is 0 Å². The molecule has 0 aliphatic heterocycles. The van der Waals surface area contributed by atoms with E-state index in [4.69, 9.17) is 0 Å². The lowest BCUT2D eigenvalue weighted by Gasteiger charge is -2.06. The fourth-order valence-electron chi connectivity index (χ4n) is 1.16. The third kappa shape index (κ3) is 3.70. The largest absolute Gasteiger partial charge is 0.388 e. The summed E-state index contributed by atoms with van der Waals surface area (Å²) in [6, 6.07) is 6.66. The highest BCUT2D eigenvalue weighted by molar-refractivity contribution is 7.98. The van der Waals surface area contributed by atoms with Gasteiger partial charge in [0.25, 0.3) is 0 Å². The monoisotopic (exact) mass is 260 g/mol. The molecule has 0 amide bonds. The fourth-order valence-corrected chi connectivity index (χ4v) is 2.63. The van der Waals surface area contributed by atoms with Crippen LogP contribution in [0.1, 0.15) is 0 Å². The van der Waals surface area contributed by atoms with Crippen molar-refractivity contribution in [2.75, 3.05) is 30.9 Å². The maximum Gasteiger partial charge on any atom is 0.240 e. The molecule has 0 aromatic heterocycles. The Hall–Kier alpha value is -0.720. The summed E-state index contributed by atoms with van der Waals surface area (Å²) < 4.78 is 26.1. The van der Waals surface area contributed by atoms with Gasteiger partial charge >= 0.3 is 0 Å². The molecule has 0 aliphatic rings. The van der Waals surface area contributed by atoms with Crippen molar-refractivity contribution in [3.63, 3.8) is 0 Å². The average Bonchev–Trinajstić information content (AvgIpc) is 2.29. The molecule has 1 aromatic rings. The number of sulfonamides is 1. The Morgan fingerprint density at radius 2 is 1.88 bits per heavy atom. The van der Waals surface area contributed by atoms with E-state index < -0.39 is 10.0 Å². The van der Waals surface area contributed by atoms with Gasteiger partial charge in [-0.15, -0.1) is 0 Å². The Balaban J connectivity index is 2.74. The van der Waals surface area contributed by atoms with Crippen molar-refractivity contribution < 1.29 is 8.42 Å². The number of thioether (sulfide) groups is 1. The van der Waals surface area contributed by atoms with Crippen LogP contribution in [0.2, 0.25) is 0 Å². The van der Waals surface area contributed by atoms with Gasteiger partial charge in [0, 0.05) is 25.0 Å². The lowest BCUT2D eigenvalue weighted by Crippen LogP contribution is -2.25. The number of hydrogen-bond donors (Lipinski definition) is 2. The van der Waals surface area contributed by atoms with E-state index in [1.807, 2.05) is 6.26 Å². The van der Waals surface area contributed by atoms with Crippen LogP contribution in [0.5, 0.6) is 0 Å². The molecule has 0 radical (unpaired) electrons. The van der Waals surface area contributed by atoms with E-state index in [1.165, 1.54) is 0 Å². The molecule has 0 heterocycles. The van der Waals surface area contributed by atoms with Gasteiger partial charge in [-0.2, -0.15) is 11.8 Å². The molecule has 1 aromatic carbocycles. The molecule has 0 saturated carbocycles. The van der Waals surface area contributed by atoms with Crippen LogP contribution in [0.3, 0.4) is 0 Å². The SMILES string of the molecule is CNc1ccc(S(=O)(=O)NCCSC)cc1. The highest BCUT2D eigenvalue weighted by Crippen LogP contribution is 2.13. The molecule has 0 atom stereocenters. The average molecular weight is 260 g/mol. The van der Waals surface area contributed by atoms with E-state index in [9.17, 15) is 8.42 Å². The van der Waals surface area contributed by atoms with Gasteiger partial charge in [0.05, 0.1) is 4.90 Å². The van der Waals surface area contributed by atoms with Crippen LogP contribution in [0, 0.1) is 0 Å². The summed E-state index contributed by atoms with van der Waals surface area (Å²) in [6.45, 7) is 0.456. The van der Waals surface area contributed by atoms with Crippen molar-refractivity contribution in [2.45, 2.75) is 4.90 Å². The molecule has 16 heavy (non-hydrogen) atoms. The van der Waals surface area contributed by atoms with E-state index in [0.29, 0.717) is 11.4 Å². The summed E-state index contributed by atoms with van der Waals surface area (Å²) in [4.78, 5) is 0.299. The van der Waals surface area contributed by atoms with Crippen molar-refractivity contribution in [1.29, 1.82) is 0 Å². The van der Waals surface area contributed by atoms with Gasteiger partial charge in [-0.25, -0.2) is 13.1 Å². The Kier molecular flexibility index (Phi) is 5.11. The molecule has 0 spiro atoms. The molecular weight excluding hydrogens is 244 g/mol. The summed E-state index contributed by atoms with van der Waals surface area (Å²) >= 11 is 1.61. The Bertz CT molecular complexity index is 415. The van der Waals surface area contributed by atoms with Crippen LogP contribution in [-0.2, 0) is 10.0 Å². The van der Waals surface area contributed by atoms with Gasteiger partial charge in [0.2, 0.25) is 10.0 Å². The normalized spacial score (nSPS) is 11.4. The molecule has 0 fully saturated rings. The highest BCUT2D eigenvalue weighted by atomic mass is 32.2. The van der Waals surface area contributed by atoms with Crippen molar-refractivity contribution in [3.8, 4) is 0 Å². The van der Waals surface area contributed by atoms with Crippen LogP contribution in [0.15, 0.2) is 29.2 Å². The zero-order valence-electron chi connectivity index (χ0n) is 9.36. The van der Waals surface area contributed by atoms with Gasteiger partial charge in [0.1, 0.15) is 0 Å². The second-order valence-electron chi connectivity index (χ2n) is 3.16. The number of anilines is 1. The Morgan fingerprint density at radius 1 is 1.25 bits per heavy atom. The maximum atomic E-state index is 11.8. The molecule has 0 saturated heterocycles. The highest BCUT2D eigenvalue weighted by Gasteiger charge is 2.12. The zero-order valence-corrected chi connectivity index (χ0v) is 11.0. The molecule has 2 N–H and O–H groups in total. The van der Waals surface area contributed by atoms with Gasteiger partial charge < -0.3 is 5.32 Å². The quantitative estimate of drug-likeness (QED) is 0.759. The number of hydrogen-bond acceptors (Lipinski definition) is 4. The maximum absolute atomic E-state index is 11.8. The standard InChI is InChI=1S/C10H16N2O2S2/c1-11-9-3-5-10(6-4-9)16(13,14)12-7-8-15-2/h3-6,11-12H,7-8H2,1-2H3. The smallest absolute Gasteiger partial charge is 0.240 e. The summed E-state index contributed by atoms with van der Waals surface area (Å²) in [7, 11) is -1.56. The minimum Gasteiger partial charge on any atom is -0.388 e. The summed E-state index contributed by atoms with van der Waals surface area (Å²) in [5, 5.41) is 2.94. The van der Waals surface area contributed by atoms with Gasteiger partial charge in [-0.1, -0.05) is 0 Å². The van der Waals surface area contributed by atoms with Crippen LogP contribution in [0.25, 0.3) is 0 Å². The van der Waals surface area contributed by atoms with Gasteiger partial charge in [0.15, 0.2) is 0 Å². The number of nitrogens with one attached hydrogen (secondary N) is 2. The lowest BCUT2D eigenvalue weighted by atomic mass is 10.3. The predicted octanol–water partition coefficient (Wildman–Crippen LogP) is 1.37. The molecule has 6 heteroatoms. The van der Waals surface area contributed by atoms with Gasteiger partial charge in [-0.05, 0) is 30.5 Å². The van der Waals surface area contributed by atoms with E-state index in [0.717, 1.165) is 11.4 Å². The van der Waals surface area contributed by atoms with Crippen molar-refractivity contribution >= 4 is 27.5 Å².